The van der Waals surface area contributed by atoms with Gasteiger partial charge >= 0.3 is 0 Å². The minimum Gasteiger partial charge on any atom is -0.371 e. The molecule has 0 aliphatic rings. The maximum absolute atomic E-state index is 11.7. The molecular formula is C15H28O3. The Morgan fingerprint density at radius 3 is 2.11 bits per heavy atom. The number of carbonyl (C=O) groups excluding carboxylic acids is 2. The van der Waals surface area contributed by atoms with Gasteiger partial charge in [-0.3, -0.25) is 9.59 Å². The van der Waals surface area contributed by atoms with E-state index in [0.29, 0.717) is 6.42 Å². The van der Waals surface area contributed by atoms with Gasteiger partial charge in [-0.2, -0.15) is 0 Å². The summed E-state index contributed by atoms with van der Waals surface area (Å²) < 4.78 is 5.07. The highest BCUT2D eigenvalue weighted by molar-refractivity contribution is 6.02. The van der Waals surface area contributed by atoms with E-state index in [9.17, 15) is 9.59 Å². The molecule has 3 nitrogen and oxygen atoms in total. The number of methoxy groups -OCH3 is 1. The van der Waals surface area contributed by atoms with Crippen molar-refractivity contribution in [1.29, 1.82) is 0 Å². The Balaban J connectivity index is 3.69. The Kier molecular flexibility index (Phi) is 8.90. The number of carbonyl (C=O) groups is 2. The zero-order valence-corrected chi connectivity index (χ0v) is 12.4. The van der Waals surface area contributed by atoms with E-state index in [4.69, 9.17) is 4.74 Å². The first kappa shape index (κ1) is 17.3. The van der Waals surface area contributed by atoms with Gasteiger partial charge in [0.15, 0.2) is 5.78 Å². The predicted octanol–water partition coefficient (Wildman–Crippen LogP) is 3.69. The van der Waals surface area contributed by atoms with E-state index in [2.05, 4.69) is 6.92 Å². The molecule has 0 saturated carbocycles. The van der Waals surface area contributed by atoms with Gasteiger partial charge in [0.05, 0.1) is 6.42 Å². The fraction of sp³-hybridized carbons (Fsp3) is 0.867. The third-order valence-electron chi connectivity index (χ3n) is 3.35. The highest BCUT2D eigenvalue weighted by Gasteiger charge is 2.28. The molecule has 0 rings (SSSR count). The Labute approximate surface area is 111 Å². The van der Waals surface area contributed by atoms with Gasteiger partial charge in [-0.1, -0.05) is 39.0 Å². The lowest BCUT2D eigenvalue weighted by Crippen LogP contribution is -2.35. The molecule has 0 amide bonds. The summed E-state index contributed by atoms with van der Waals surface area (Å²) in [7, 11) is 1.50. The van der Waals surface area contributed by atoms with Crippen molar-refractivity contribution in [3.05, 3.63) is 0 Å². The first-order chi connectivity index (χ1) is 8.44. The molecule has 0 aliphatic heterocycles. The van der Waals surface area contributed by atoms with Crippen LogP contribution in [0.2, 0.25) is 0 Å². The van der Waals surface area contributed by atoms with Crippen molar-refractivity contribution >= 4 is 11.6 Å². The lowest BCUT2D eigenvalue weighted by Gasteiger charge is -2.20. The summed E-state index contributed by atoms with van der Waals surface area (Å²) in [6.07, 6.45) is 7.48. The molecule has 106 valence electrons. The number of unbranched alkanes of at least 4 members (excludes halogenated alkanes) is 5. The van der Waals surface area contributed by atoms with Crippen molar-refractivity contribution < 1.29 is 14.3 Å². The molecule has 0 aromatic heterocycles. The van der Waals surface area contributed by atoms with Gasteiger partial charge in [0.1, 0.15) is 11.4 Å². The second-order valence-electron chi connectivity index (χ2n) is 5.37. The molecule has 0 spiro atoms. The molecule has 0 bridgehead atoms. The van der Waals surface area contributed by atoms with E-state index >= 15 is 0 Å². The van der Waals surface area contributed by atoms with Gasteiger partial charge in [-0.05, 0) is 20.3 Å². The molecule has 0 saturated heterocycles. The maximum atomic E-state index is 11.7. The monoisotopic (exact) mass is 256 g/mol. The average molecular weight is 256 g/mol. The Bertz CT molecular complexity index is 256. The van der Waals surface area contributed by atoms with Gasteiger partial charge in [-0.15, -0.1) is 0 Å². The van der Waals surface area contributed by atoms with Gasteiger partial charge in [0, 0.05) is 13.5 Å². The Hall–Kier alpha value is -0.700. The van der Waals surface area contributed by atoms with Crippen LogP contribution in [0, 0.1) is 0 Å². The van der Waals surface area contributed by atoms with Crippen LogP contribution < -0.4 is 0 Å². The van der Waals surface area contributed by atoms with E-state index in [1.165, 1.54) is 32.8 Å². The molecule has 0 atom stereocenters. The first-order valence-corrected chi connectivity index (χ1v) is 7.04. The normalized spacial score (nSPS) is 11.6. The van der Waals surface area contributed by atoms with Crippen LogP contribution in [0.15, 0.2) is 0 Å². The smallest absolute Gasteiger partial charge is 0.171 e. The SMILES string of the molecule is CCCCCCCCC(=O)CC(=O)C(C)(C)OC. The summed E-state index contributed by atoms with van der Waals surface area (Å²) in [5, 5.41) is 0. The number of ketones is 2. The van der Waals surface area contributed by atoms with Gasteiger partial charge < -0.3 is 4.74 Å². The van der Waals surface area contributed by atoms with Crippen molar-refractivity contribution in [2.75, 3.05) is 7.11 Å². The molecule has 0 fully saturated rings. The van der Waals surface area contributed by atoms with Crippen molar-refractivity contribution in [2.45, 2.75) is 77.7 Å². The number of rotatable bonds is 11. The van der Waals surface area contributed by atoms with Crippen LogP contribution >= 0.6 is 0 Å². The summed E-state index contributed by atoms with van der Waals surface area (Å²) >= 11 is 0. The molecule has 0 aliphatic carbocycles. The second kappa shape index (κ2) is 9.26. The minimum absolute atomic E-state index is 0.00972. The average Bonchev–Trinajstić information content (AvgIpc) is 2.33. The quantitative estimate of drug-likeness (QED) is 0.418. The topological polar surface area (TPSA) is 43.4 Å². The van der Waals surface area contributed by atoms with Crippen LogP contribution in [-0.2, 0) is 14.3 Å². The summed E-state index contributed by atoms with van der Waals surface area (Å²) in [6, 6.07) is 0. The zero-order chi connectivity index (χ0) is 14.0. The Morgan fingerprint density at radius 2 is 1.56 bits per heavy atom. The van der Waals surface area contributed by atoms with Crippen LogP contribution in [0.4, 0.5) is 0 Å². The van der Waals surface area contributed by atoms with E-state index in [1.807, 2.05) is 0 Å². The molecule has 0 radical (unpaired) electrons. The summed E-state index contributed by atoms with van der Waals surface area (Å²) in [4.78, 5) is 23.4. The lowest BCUT2D eigenvalue weighted by molar-refractivity contribution is -0.140. The minimum atomic E-state index is -0.837. The number of hydrogen-bond acceptors (Lipinski definition) is 3. The van der Waals surface area contributed by atoms with Crippen molar-refractivity contribution in [3.8, 4) is 0 Å². The van der Waals surface area contributed by atoms with Crippen LogP contribution in [0.3, 0.4) is 0 Å². The highest BCUT2D eigenvalue weighted by Crippen LogP contribution is 2.14. The predicted molar refractivity (Wildman–Crippen MR) is 73.7 cm³/mol. The van der Waals surface area contributed by atoms with Crippen molar-refractivity contribution in [3.63, 3.8) is 0 Å². The van der Waals surface area contributed by atoms with Gasteiger partial charge in [0.25, 0.3) is 0 Å². The van der Waals surface area contributed by atoms with Crippen molar-refractivity contribution in [2.24, 2.45) is 0 Å². The summed E-state index contributed by atoms with van der Waals surface area (Å²) in [6.45, 7) is 5.59. The summed E-state index contributed by atoms with van der Waals surface area (Å²) in [5.41, 5.74) is -0.837. The molecule has 18 heavy (non-hydrogen) atoms. The van der Waals surface area contributed by atoms with E-state index < -0.39 is 5.60 Å². The highest BCUT2D eigenvalue weighted by atomic mass is 16.5. The number of Topliss-reactive ketones (excluding diaryl/α,β-unsaturated/α-hetero) is 2. The lowest BCUT2D eigenvalue weighted by atomic mass is 9.97. The Morgan fingerprint density at radius 1 is 1.00 bits per heavy atom. The van der Waals surface area contributed by atoms with Crippen LogP contribution in [0.25, 0.3) is 0 Å². The van der Waals surface area contributed by atoms with E-state index in [-0.39, 0.29) is 18.0 Å². The van der Waals surface area contributed by atoms with Gasteiger partial charge in [0.2, 0.25) is 0 Å². The standard InChI is InChI=1S/C15H28O3/c1-5-6-7-8-9-10-11-13(16)12-14(17)15(2,3)18-4/h5-12H2,1-4H3. The van der Waals surface area contributed by atoms with E-state index in [1.54, 1.807) is 13.8 Å². The van der Waals surface area contributed by atoms with Crippen LogP contribution in [0.1, 0.15) is 72.1 Å². The van der Waals surface area contributed by atoms with E-state index in [0.717, 1.165) is 12.8 Å². The molecule has 0 aromatic rings. The fourth-order valence-electron chi connectivity index (χ4n) is 1.70. The third kappa shape index (κ3) is 7.59. The molecule has 0 unspecified atom stereocenters. The molecular weight excluding hydrogens is 228 g/mol. The largest absolute Gasteiger partial charge is 0.371 e. The maximum Gasteiger partial charge on any atom is 0.171 e. The number of ether oxygens (including phenoxy) is 1. The summed E-state index contributed by atoms with van der Waals surface area (Å²) in [5.74, 6) is -0.0819. The molecule has 0 heterocycles. The first-order valence-electron chi connectivity index (χ1n) is 7.04. The fourth-order valence-corrected chi connectivity index (χ4v) is 1.70. The van der Waals surface area contributed by atoms with Crippen molar-refractivity contribution in [1.82, 2.24) is 0 Å². The van der Waals surface area contributed by atoms with Gasteiger partial charge in [-0.25, -0.2) is 0 Å². The molecule has 0 aromatic carbocycles. The zero-order valence-electron chi connectivity index (χ0n) is 12.4. The molecule has 3 heteroatoms. The molecule has 0 N–H and O–H groups in total. The third-order valence-corrected chi connectivity index (χ3v) is 3.35. The second-order valence-corrected chi connectivity index (χ2v) is 5.37. The number of hydrogen-bond donors (Lipinski definition) is 0. The van der Waals surface area contributed by atoms with Crippen LogP contribution in [0.5, 0.6) is 0 Å². The van der Waals surface area contributed by atoms with Crippen LogP contribution in [-0.4, -0.2) is 24.3 Å².